The lowest BCUT2D eigenvalue weighted by molar-refractivity contribution is 0.0935. The number of benzene rings is 1. The summed E-state index contributed by atoms with van der Waals surface area (Å²) in [6.07, 6.45) is 2.78. The SMILES string of the molecule is CC1CCc2c(sc3c2C(=O)NC(c2c(Cl)cccc2Cl)N3)C1. The van der Waals surface area contributed by atoms with E-state index in [1.807, 2.05) is 0 Å². The number of anilines is 1. The second-order valence-corrected chi connectivity index (χ2v) is 8.16. The zero-order valence-corrected chi connectivity index (χ0v) is 14.9. The van der Waals surface area contributed by atoms with Gasteiger partial charge in [0.2, 0.25) is 0 Å². The Labute approximate surface area is 149 Å². The number of amides is 1. The van der Waals surface area contributed by atoms with Crippen molar-refractivity contribution in [2.45, 2.75) is 32.4 Å². The van der Waals surface area contributed by atoms with Gasteiger partial charge in [-0.25, -0.2) is 0 Å². The highest BCUT2D eigenvalue weighted by Crippen LogP contribution is 2.43. The number of nitrogens with one attached hydrogen (secondary N) is 2. The number of carbonyl (C=O) groups is 1. The summed E-state index contributed by atoms with van der Waals surface area (Å²) in [4.78, 5) is 14.0. The van der Waals surface area contributed by atoms with E-state index in [0.717, 1.165) is 35.4 Å². The molecule has 1 aromatic carbocycles. The summed E-state index contributed by atoms with van der Waals surface area (Å²) in [7, 11) is 0. The van der Waals surface area contributed by atoms with Crippen molar-refractivity contribution in [2.24, 2.45) is 5.92 Å². The van der Waals surface area contributed by atoms with Crippen molar-refractivity contribution in [3.63, 3.8) is 0 Å². The van der Waals surface area contributed by atoms with Crippen LogP contribution in [-0.4, -0.2) is 5.91 Å². The molecule has 0 radical (unpaired) electrons. The van der Waals surface area contributed by atoms with Gasteiger partial charge in [-0.2, -0.15) is 0 Å². The molecule has 6 heteroatoms. The van der Waals surface area contributed by atoms with Crippen LogP contribution in [0.5, 0.6) is 0 Å². The van der Waals surface area contributed by atoms with Gasteiger partial charge in [0, 0.05) is 20.5 Å². The van der Waals surface area contributed by atoms with Gasteiger partial charge in [-0.3, -0.25) is 4.79 Å². The number of carbonyl (C=O) groups excluding carboxylic acids is 1. The average molecular weight is 367 g/mol. The first kappa shape index (κ1) is 15.3. The predicted molar refractivity (Wildman–Crippen MR) is 95.8 cm³/mol. The lowest BCUT2D eigenvalue weighted by Gasteiger charge is -2.28. The Bertz CT molecular complexity index is 782. The number of halogens is 2. The van der Waals surface area contributed by atoms with E-state index >= 15 is 0 Å². The Hall–Kier alpha value is -1.23. The highest BCUT2D eigenvalue weighted by Gasteiger charge is 2.34. The lowest BCUT2D eigenvalue weighted by Crippen LogP contribution is -2.38. The Kier molecular flexibility index (Phi) is 3.79. The van der Waals surface area contributed by atoms with Crippen LogP contribution in [0, 0.1) is 5.92 Å². The van der Waals surface area contributed by atoms with Crippen LogP contribution in [0.25, 0.3) is 0 Å². The maximum atomic E-state index is 12.7. The first-order valence-corrected chi connectivity index (χ1v) is 9.27. The van der Waals surface area contributed by atoms with Crippen molar-refractivity contribution in [1.82, 2.24) is 5.32 Å². The van der Waals surface area contributed by atoms with Gasteiger partial charge in [0.15, 0.2) is 0 Å². The standard InChI is InChI=1S/C17H16Cl2N2OS/c1-8-5-6-9-12(7-8)23-17-13(9)16(22)20-15(21-17)14-10(18)3-2-4-11(14)19/h2-4,8,15,21H,5-7H2,1H3,(H,20,22). The quantitative estimate of drug-likeness (QED) is 0.742. The summed E-state index contributed by atoms with van der Waals surface area (Å²) < 4.78 is 0. The topological polar surface area (TPSA) is 41.1 Å². The fourth-order valence-electron chi connectivity index (χ4n) is 3.39. The van der Waals surface area contributed by atoms with Crippen molar-refractivity contribution in [2.75, 3.05) is 5.32 Å². The summed E-state index contributed by atoms with van der Waals surface area (Å²) in [5.74, 6) is 0.645. The molecule has 2 N–H and O–H groups in total. The smallest absolute Gasteiger partial charge is 0.256 e. The molecule has 1 amide bonds. The Morgan fingerprint density at radius 1 is 1.22 bits per heavy atom. The van der Waals surface area contributed by atoms with Gasteiger partial charge >= 0.3 is 0 Å². The highest BCUT2D eigenvalue weighted by atomic mass is 35.5. The second-order valence-electron chi connectivity index (χ2n) is 6.24. The summed E-state index contributed by atoms with van der Waals surface area (Å²) in [5.41, 5.74) is 2.75. The zero-order chi connectivity index (χ0) is 16.1. The molecular formula is C17H16Cl2N2OS. The van der Waals surface area contributed by atoms with Crippen molar-refractivity contribution in [3.8, 4) is 0 Å². The number of hydrogen-bond acceptors (Lipinski definition) is 3. The molecule has 2 aliphatic rings. The molecule has 23 heavy (non-hydrogen) atoms. The number of thiophene rings is 1. The minimum atomic E-state index is -0.395. The average Bonchev–Trinajstić information content (AvgIpc) is 2.84. The van der Waals surface area contributed by atoms with Crippen molar-refractivity contribution in [3.05, 3.63) is 49.8 Å². The molecule has 0 saturated carbocycles. The van der Waals surface area contributed by atoms with Gasteiger partial charge in [0.1, 0.15) is 11.2 Å². The number of hydrogen-bond donors (Lipinski definition) is 2. The summed E-state index contributed by atoms with van der Waals surface area (Å²) in [6, 6.07) is 5.37. The molecule has 0 bridgehead atoms. The third kappa shape index (κ3) is 2.53. The van der Waals surface area contributed by atoms with Crippen LogP contribution < -0.4 is 10.6 Å². The maximum absolute atomic E-state index is 12.7. The third-order valence-electron chi connectivity index (χ3n) is 4.58. The predicted octanol–water partition coefficient (Wildman–Crippen LogP) is 5.03. The monoisotopic (exact) mass is 366 g/mol. The van der Waals surface area contributed by atoms with Crippen LogP contribution in [0.15, 0.2) is 18.2 Å². The molecule has 2 aromatic rings. The van der Waals surface area contributed by atoms with Crippen LogP contribution in [0.4, 0.5) is 5.00 Å². The maximum Gasteiger partial charge on any atom is 0.256 e. The van der Waals surface area contributed by atoms with Gasteiger partial charge in [-0.05, 0) is 42.9 Å². The van der Waals surface area contributed by atoms with E-state index in [2.05, 4.69) is 17.6 Å². The number of rotatable bonds is 1. The molecule has 0 saturated heterocycles. The molecule has 4 rings (SSSR count). The normalized spacial score (nSPS) is 22.8. The fourth-order valence-corrected chi connectivity index (χ4v) is 5.45. The first-order valence-electron chi connectivity index (χ1n) is 7.70. The van der Waals surface area contributed by atoms with Gasteiger partial charge < -0.3 is 10.6 Å². The van der Waals surface area contributed by atoms with E-state index in [9.17, 15) is 4.79 Å². The molecule has 1 aliphatic carbocycles. The van der Waals surface area contributed by atoms with Crippen LogP contribution >= 0.6 is 34.5 Å². The molecule has 0 spiro atoms. The third-order valence-corrected chi connectivity index (χ3v) is 6.42. The van der Waals surface area contributed by atoms with Gasteiger partial charge in [-0.15, -0.1) is 11.3 Å². The van der Waals surface area contributed by atoms with E-state index in [1.54, 1.807) is 29.5 Å². The molecular weight excluding hydrogens is 351 g/mol. The minimum Gasteiger partial charge on any atom is -0.353 e. The van der Waals surface area contributed by atoms with Crippen molar-refractivity contribution >= 4 is 45.4 Å². The zero-order valence-electron chi connectivity index (χ0n) is 12.6. The summed E-state index contributed by atoms with van der Waals surface area (Å²) >= 11 is 14.3. The Balaban J connectivity index is 1.75. The molecule has 2 heterocycles. The van der Waals surface area contributed by atoms with Crippen LogP contribution in [0.1, 0.15) is 45.9 Å². The molecule has 3 nitrogen and oxygen atoms in total. The fraction of sp³-hybridized carbons (Fsp3) is 0.353. The van der Waals surface area contributed by atoms with Crippen LogP contribution in [-0.2, 0) is 12.8 Å². The van der Waals surface area contributed by atoms with Crippen LogP contribution in [0.3, 0.4) is 0 Å². The molecule has 2 atom stereocenters. The van der Waals surface area contributed by atoms with E-state index < -0.39 is 6.17 Å². The summed E-state index contributed by atoms with van der Waals surface area (Å²) in [5, 5.41) is 8.46. The van der Waals surface area contributed by atoms with E-state index in [0.29, 0.717) is 16.0 Å². The van der Waals surface area contributed by atoms with Crippen molar-refractivity contribution in [1.29, 1.82) is 0 Å². The molecule has 1 aromatic heterocycles. The van der Waals surface area contributed by atoms with E-state index in [4.69, 9.17) is 23.2 Å². The van der Waals surface area contributed by atoms with Gasteiger partial charge in [-0.1, -0.05) is 36.2 Å². The van der Waals surface area contributed by atoms with Crippen molar-refractivity contribution < 1.29 is 4.79 Å². The largest absolute Gasteiger partial charge is 0.353 e. The van der Waals surface area contributed by atoms with Gasteiger partial charge in [0.25, 0.3) is 5.91 Å². The highest BCUT2D eigenvalue weighted by molar-refractivity contribution is 7.16. The molecule has 0 fully saturated rings. The first-order chi connectivity index (χ1) is 11.0. The Morgan fingerprint density at radius 2 is 1.96 bits per heavy atom. The van der Waals surface area contributed by atoms with E-state index in [1.165, 1.54) is 10.4 Å². The molecule has 120 valence electrons. The van der Waals surface area contributed by atoms with Gasteiger partial charge in [0.05, 0.1) is 5.56 Å². The van der Waals surface area contributed by atoms with E-state index in [-0.39, 0.29) is 5.91 Å². The number of fused-ring (bicyclic) bond motifs is 3. The minimum absolute atomic E-state index is 0.0354. The summed E-state index contributed by atoms with van der Waals surface area (Å²) in [6.45, 7) is 2.27. The Morgan fingerprint density at radius 3 is 2.70 bits per heavy atom. The second kappa shape index (κ2) is 5.69. The molecule has 1 aliphatic heterocycles. The van der Waals surface area contributed by atoms with Crippen LogP contribution in [0.2, 0.25) is 10.0 Å². The molecule has 2 unspecified atom stereocenters. The lowest BCUT2D eigenvalue weighted by atomic mass is 9.88.